The summed E-state index contributed by atoms with van der Waals surface area (Å²) in [5.41, 5.74) is 2.11. The van der Waals surface area contributed by atoms with E-state index >= 15 is 0 Å². The van der Waals surface area contributed by atoms with E-state index in [0.717, 1.165) is 12.1 Å². The van der Waals surface area contributed by atoms with Gasteiger partial charge in [0.1, 0.15) is 0 Å². The van der Waals surface area contributed by atoms with Gasteiger partial charge in [-0.3, -0.25) is 4.79 Å². The minimum Gasteiger partial charge on any atom is -0.346 e. The lowest BCUT2D eigenvalue weighted by Gasteiger charge is -2.19. The molecule has 1 rings (SSSR count). The molecule has 0 radical (unpaired) electrons. The highest BCUT2D eigenvalue weighted by molar-refractivity contribution is 5.94. The van der Waals surface area contributed by atoms with Gasteiger partial charge >= 0.3 is 0 Å². The summed E-state index contributed by atoms with van der Waals surface area (Å²) >= 11 is 0. The summed E-state index contributed by atoms with van der Waals surface area (Å²) < 4.78 is 0. The lowest BCUT2D eigenvalue weighted by Crippen LogP contribution is -3.06. The number of likely N-dealkylation sites (N-methyl/N-ethyl adjacent to an activating group) is 1. The summed E-state index contributed by atoms with van der Waals surface area (Å²) in [6.07, 6.45) is 0. The number of rotatable bonds is 4. The van der Waals surface area contributed by atoms with Gasteiger partial charge in [0.15, 0.2) is 0 Å². The number of benzene rings is 1. The van der Waals surface area contributed by atoms with E-state index in [1.807, 2.05) is 24.3 Å². The second-order valence-electron chi connectivity index (χ2n) is 6.04. The van der Waals surface area contributed by atoms with Crippen molar-refractivity contribution in [1.82, 2.24) is 5.32 Å². The highest BCUT2D eigenvalue weighted by Crippen LogP contribution is 2.22. The first-order valence-electron chi connectivity index (χ1n) is 6.48. The normalized spacial score (nSPS) is 11.7. The van der Waals surface area contributed by atoms with Gasteiger partial charge in [-0.25, -0.2) is 0 Å². The minimum absolute atomic E-state index is 0.0108. The Morgan fingerprint density at radius 3 is 2.17 bits per heavy atom. The van der Waals surface area contributed by atoms with Crippen molar-refractivity contribution in [2.75, 3.05) is 27.2 Å². The lowest BCUT2D eigenvalue weighted by molar-refractivity contribution is -0.856. The van der Waals surface area contributed by atoms with E-state index in [1.54, 1.807) is 0 Å². The van der Waals surface area contributed by atoms with Crippen LogP contribution in [0.15, 0.2) is 24.3 Å². The van der Waals surface area contributed by atoms with Gasteiger partial charge in [-0.2, -0.15) is 0 Å². The van der Waals surface area contributed by atoms with Crippen LogP contribution in [0.2, 0.25) is 0 Å². The number of quaternary nitrogens is 1. The zero-order chi connectivity index (χ0) is 13.8. The second kappa shape index (κ2) is 6.01. The molecule has 3 nitrogen and oxygen atoms in total. The van der Waals surface area contributed by atoms with Crippen LogP contribution in [0.4, 0.5) is 0 Å². The molecule has 2 N–H and O–H groups in total. The fourth-order valence-electron chi connectivity index (χ4n) is 1.65. The largest absolute Gasteiger partial charge is 0.346 e. The van der Waals surface area contributed by atoms with Crippen LogP contribution in [0.5, 0.6) is 0 Å². The van der Waals surface area contributed by atoms with E-state index in [2.05, 4.69) is 40.2 Å². The molecule has 0 unspecified atom stereocenters. The van der Waals surface area contributed by atoms with E-state index in [-0.39, 0.29) is 11.3 Å². The molecule has 1 amide bonds. The SMILES string of the molecule is C[NH+](C)CCNC(=O)c1ccc(C(C)(C)C)cc1. The summed E-state index contributed by atoms with van der Waals surface area (Å²) in [4.78, 5) is 13.2. The third kappa shape index (κ3) is 4.49. The van der Waals surface area contributed by atoms with Crippen LogP contribution in [-0.4, -0.2) is 33.1 Å². The fourth-order valence-corrected chi connectivity index (χ4v) is 1.65. The van der Waals surface area contributed by atoms with Gasteiger partial charge in [-0.15, -0.1) is 0 Å². The maximum Gasteiger partial charge on any atom is 0.251 e. The van der Waals surface area contributed by atoms with E-state index in [1.165, 1.54) is 10.5 Å². The Morgan fingerprint density at radius 1 is 1.17 bits per heavy atom. The standard InChI is InChI=1S/C15H24N2O/c1-15(2,3)13-8-6-12(7-9-13)14(18)16-10-11-17(4)5/h6-9H,10-11H2,1-5H3,(H,16,18)/p+1. The lowest BCUT2D eigenvalue weighted by atomic mass is 9.87. The molecule has 0 saturated carbocycles. The second-order valence-corrected chi connectivity index (χ2v) is 6.04. The monoisotopic (exact) mass is 249 g/mol. The zero-order valence-corrected chi connectivity index (χ0v) is 12.1. The Hall–Kier alpha value is -1.35. The van der Waals surface area contributed by atoms with Crippen molar-refractivity contribution in [3.63, 3.8) is 0 Å². The van der Waals surface area contributed by atoms with Crippen molar-refractivity contribution in [2.24, 2.45) is 0 Å². The molecule has 3 heteroatoms. The van der Waals surface area contributed by atoms with Crippen molar-refractivity contribution >= 4 is 5.91 Å². The molecule has 1 aromatic carbocycles. The van der Waals surface area contributed by atoms with Crippen molar-refractivity contribution in [2.45, 2.75) is 26.2 Å². The van der Waals surface area contributed by atoms with Gasteiger partial charge in [-0.05, 0) is 23.1 Å². The highest BCUT2D eigenvalue weighted by atomic mass is 16.1. The van der Waals surface area contributed by atoms with Crippen LogP contribution in [0.1, 0.15) is 36.7 Å². The predicted octanol–water partition coefficient (Wildman–Crippen LogP) is 0.858. The molecular weight excluding hydrogens is 224 g/mol. The molecule has 0 aromatic heterocycles. The van der Waals surface area contributed by atoms with Crippen LogP contribution in [-0.2, 0) is 5.41 Å². The fraction of sp³-hybridized carbons (Fsp3) is 0.533. The molecule has 0 aliphatic heterocycles. The molecule has 0 aliphatic rings. The third-order valence-electron chi connectivity index (χ3n) is 2.92. The van der Waals surface area contributed by atoms with Crippen molar-refractivity contribution in [1.29, 1.82) is 0 Å². The first-order chi connectivity index (χ1) is 8.30. The Balaban J connectivity index is 2.60. The van der Waals surface area contributed by atoms with Crippen molar-refractivity contribution in [3.8, 4) is 0 Å². The van der Waals surface area contributed by atoms with Gasteiger partial charge in [-0.1, -0.05) is 32.9 Å². The number of hydrogen-bond donors (Lipinski definition) is 2. The summed E-state index contributed by atoms with van der Waals surface area (Å²) in [5.74, 6) is 0.0108. The molecule has 0 atom stereocenters. The summed E-state index contributed by atoms with van der Waals surface area (Å²) in [6.45, 7) is 8.15. The van der Waals surface area contributed by atoms with E-state index < -0.39 is 0 Å². The average Bonchev–Trinajstić information content (AvgIpc) is 2.27. The van der Waals surface area contributed by atoms with Gasteiger partial charge < -0.3 is 10.2 Å². The number of hydrogen-bond acceptors (Lipinski definition) is 1. The smallest absolute Gasteiger partial charge is 0.251 e. The Labute approximate surface area is 110 Å². The van der Waals surface area contributed by atoms with Crippen LogP contribution in [0, 0.1) is 0 Å². The van der Waals surface area contributed by atoms with Gasteiger partial charge in [0.25, 0.3) is 5.91 Å². The molecule has 1 aromatic rings. The number of nitrogens with one attached hydrogen (secondary N) is 2. The number of carbonyl (C=O) groups is 1. The Kier molecular flexibility index (Phi) is 4.91. The third-order valence-corrected chi connectivity index (χ3v) is 2.92. The van der Waals surface area contributed by atoms with E-state index in [4.69, 9.17) is 0 Å². The molecule has 0 fully saturated rings. The summed E-state index contributed by atoms with van der Waals surface area (Å²) in [7, 11) is 4.15. The maximum absolute atomic E-state index is 11.9. The first kappa shape index (κ1) is 14.7. The topological polar surface area (TPSA) is 33.5 Å². The molecule has 0 saturated heterocycles. The van der Waals surface area contributed by atoms with Crippen LogP contribution < -0.4 is 10.2 Å². The molecule has 0 aliphatic carbocycles. The van der Waals surface area contributed by atoms with E-state index in [0.29, 0.717) is 6.54 Å². The van der Waals surface area contributed by atoms with E-state index in [9.17, 15) is 4.79 Å². The van der Waals surface area contributed by atoms with Crippen LogP contribution in [0.3, 0.4) is 0 Å². The average molecular weight is 249 g/mol. The van der Waals surface area contributed by atoms with Crippen molar-refractivity contribution in [3.05, 3.63) is 35.4 Å². The van der Waals surface area contributed by atoms with Crippen molar-refractivity contribution < 1.29 is 9.69 Å². The minimum atomic E-state index is 0.0108. The maximum atomic E-state index is 11.9. The molecule has 100 valence electrons. The van der Waals surface area contributed by atoms with Gasteiger partial charge in [0, 0.05) is 5.56 Å². The highest BCUT2D eigenvalue weighted by Gasteiger charge is 2.14. The van der Waals surface area contributed by atoms with Crippen LogP contribution in [0.25, 0.3) is 0 Å². The summed E-state index contributed by atoms with van der Waals surface area (Å²) in [5, 5.41) is 2.93. The molecular formula is C15H25N2O+. The van der Waals surface area contributed by atoms with Gasteiger partial charge in [0.05, 0.1) is 27.2 Å². The number of amides is 1. The molecule has 0 spiro atoms. The Bertz CT molecular complexity index is 388. The quantitative estimate of drug-likeness (QED) is 0.815. The zero-order valence-electron chi connectivity index (χ0n) is 12.1. The Morgan fingerprint density at radius 2 is 1.72 bits per heavy atom. The van der Waals surface area contributed by atoms with Gasteiger partial charge in [0.2, 0.25) is 0 Å². The number of carbonyl (C=O) groups excluding carboxylic acids is 1. The molecule has 0 heterocycles. The summed E-state index contributed by atoms with van der Waals surface area (Å²) in [6, 6.07) is 7.87. The van der Waals surface area contributed by atoms with Crippen LogP contribution >= 0.6 is 0 Å². The first-order valence-corrected chi connectivity index (χ1v) is 6.48. The molecule has 0 bridgehead atoms. The molecule has 18 heavy (non-hydrogen) atoms. The predicted molar refractivity (Wildman–Crippen MR) is 75.2 cm³/mol.